The van der Waals surface area contributed by atoms with E-state index in [1.54, 1.807) is 6.92 Å². The van der Waals surface area contributed by atoms with Gasteiger partial charge in [0.1, 0.15) is 6.10 Å². The molecule has 5 nitrogen and oxygen atoms in total. The van der Waals surface area contributed by atoms with E-state index in [1.165, 1.54) is 0 Å². The second-order valence-electron chi connectivity index (χ2n) is 8.51. The van der Waals surface area contributed by atoms with Crippen LogP contribution in [0, 0.1) is 17.8 Å². The monoisotopic (exact) mass is 382 g/mol. The van der Waals surface area contributed by atoms with Crippen molar-refractivity contribution < 1.29 is 24.2 Å². The van der Waals surface area contributed by atoms with Gasteiger partial charge in [-0.3, -0.25) is 4.79 Å². The fraction of sp³-hybridized carbons (Fsp3) is 0.818. The fourth-order valence-corrected chi connectivity index (χ4v) is 4.19. The second-order valence-corrected chi connectivity index (χ2v) is 8.51. The molecule has 0 radical (unpaired) electrons. The Morgan fingerprint density at radius 3 is 2.48 bits per heavy atom. The van der Waals surface area contributed by atoms with Crippen molar-refractivity contribution in [2.45, 2.75) is 91.8 Å². The average Bonchev–Trinajstić information content (AvgIpc) is 2.54. The van der Waals surface area contributed by atoms with Crippen molar-refractivity contribution in [1.29, 1.82) is 0 Å². The highest BCUT2D eigenvalue weighted by atomic mass is 16.6. The maximum atomic E-state index is 12.6. The first-order chi connectivity index (χ1) is 12.6. The molecule has 2 unspecified atom stereocenters. The van der Waals surface area contributed by atoms with Crippen LogP contribution in [0.4, 0.5) is 0 Å². The van der Waals surface area contributed by atoms with E-state index < -0.39 is 17.5 Å². The molecule has 0 saturated heterocycles. The quantitative estimate of drug-likeness (QED) is 0.472. The highest BCUT2D eigenvalue weighted by Crippen LogP contribution is 2.37. The molecule has 1 fully saturated rings. The van der Waals surface area contributed by atoms with Crippen LogP contribution >= 0.6 is 0 Å². The van der Waals surface area contributed by atoms with Crippen LogP contribution < -0.4 is 0 Å². The van der Waals surface area contributed by atoms with Gasteiger partial charge in [-0.25, -0.2) is 4.79 Å². The summed E-state index contributed by atoms with van der Waals surface area (Å²) in [6.45, 7) is 12.3. The van der Waals surface area contributed by atoms with E-state index in [2.05, 4.69) is 20.8 Å². The molecule has 0 aromatic rings. The molecular weight excluding hydrogens is 344 g/mol. The van der Waals surface area contributed by atoms with E-state index in [1.807, 2.05) is 19.9 Å². The van der Waals surface area contributed by atoms with Crippen LogP contribution in [0.15, 0.2) is 11.6 Å². The fourth-order valence-electron chi connectivity index (χ4n) is 4.19. The van der Waals surface area contributed by atoms with E-state index in [4.69, 9.17) is 9.47 Å². The Morgan fingerprint density at radius 2 is 1.93 bits per heavy atom. The first-order valence-electron chi connectivity index (χ1n) is 10.3. The molecule has 156 valence electrons. The Hall–Kier alpha value is -1.36. The minimum Gasteiger partial charge on any atom is -0.464 e. The summed E-state index contributed by atoms with van der Waals surface area (Å²) < 4.78 is 10.8. The van der Waals surface area contributed by atoms with Gasteiger partial charge >= 0.3 is 11.9 Å². The molecule has 0 aromatic heterocycles. The number of rotatable bonds is 9. The molecule has 1 aliphatic carbocycles. The summed E-state index contributed by atoms with van der Waals surface area (Å²) in [5.41, 5.74) is -0.744. The van der Waals surface area contributed by atoms with Gasteiger partial charge in [-0.15, -0.1) is 0 Å². The maximum absolute atomic E-state index is 12.6. The van der Waals surface area contributed by atoms with Crippen LogP contribution in [-0.4, -0.2) is 35.4 Å². The Bertz CT molecular complexity index is 521. The van der Waals surface area contributed by atoms with E-state index >= 15 is 0 Å². The summed E-state index contributed by atoms with van der Waals surface area (Å²) >= 11 is 0. The van der Waals surface area contributed by atoms with Gasteiger partial charge in [-0.05, 0) is 58.3 Å². The number of hydrogen-bond donors (Lipinski definition) is 1. The number of carbonyl (C=O) groups is 2. The predicted molar refractivity (Wildman–Crippen MR) is 106 cm³/mol. The highest BCUT2D eigenvalue weighted by molar-refractivity contribution is 5.85. The van der Waals surface area contributed by atoms with Crippen molar-refractivity contribution in [1.82, 2.24) is 0 Å². The van der Waals surface area contributed by atoms with E-state index in [-0.39, 0.29) is 25.6 Å². The molecule has 27 heavy (non-hydrogen) atoms. The van der Waals surface area contributed by atoms with Crippen LogP contribution in [0.25, 0.3) is 0 Å². The Balaban J connectivity index is 2.82. The Labute approximate surface area is 164 Å². The van der Waals surface area contributed by atoms with Crippen molar-refractivity contribution in [2.75, 3.05) is 6.61 Å². The molecule has 0 aliphatic heterocycles. The standard InChI is InChI=1S/C22H38O5/c1-7-26-21(24)22(25,13-9-10-15(2)3)14-19(23)27-18-12-8-11-17(6)20(18)16(4)5/h10,16-18,20,25H,7-9,11-14H2,1-6H3/t17-,18?,20+,22?/m1/s1. The minimum atomic E-state index is -1.84. The zero-order valence-corrected chi connectivity index (χ0v) is 17.9. The van der Waals surface area contributed by atoms with Crippen molar-refractivity contribution in [3.8, 4) is 0 Å². The van der Waals surface area contributed by atoms with Crippen LogP contribution in [0.5, 0.6) is 0 Å². The van der Waals surface area contributed by atoms with E-state index in [0.29, 0.717) is 24.2 Å². The zero-order chi connectivity index (χ0) is 20.6. The third-order valence-electron chi connectivity index (χ3n) is 5.49. The number of aliphatic hydroxyl groups is 1. The van der Waals surface area contributed by atoms with Crippen LogP contribution in [0.2, 0.25) is 0 Å². The zero-order valence-electron chi connectivity index (χ0n) is 17.9. The van der Waals surface area contributed by atoms with Crippen molar-refractivity contribution in [3.63, 3.8) is 0 Å². The van der Waals surface area contributed by atoms with Crippen molar-refractivity contribution in [3.05, 3.63) is 11.6 Å². The molecular formula is C22H38O5. The molecule has 0 bridgehead atoms. The first-order valence-corrected chi connectivity index (χ1v) is 10.3. The summed E-state index contributed by atoms with van der Waals surface area (Å²) in [6, 6.07) is 0. The maximum Gasteiger partial charge on any atom is 0.338 e. The number of ether oxygens (including phenoxy) is 2. The molecule has 1 aliphatic rings. The SMILES string of the molecule is CCOC(=O)C(O)(CCC=C(C)C)CC(=O)OC1CCC[C@@H](C)[C@@H]1C(C)C. The van der Waals surface area contributed by atoms with Crippen LogP contribution in [-0.2, 0) is 19.1 Å². The summed E-state index contributed by atoms with van der Waals surface area (Å²) in [6.07, 6.45) is 5.09. The Morgan fingerprint density at radius 1 is 1.26 bits per heavy atom. The van der Waals surface area contributed by atoms with E-state index in [0.717, 1.165) is 24.8 Å². The van der Waals surface area contributed by atoms with Gasteiger partial charge in [0.25, 0.3) is 0 Å². The lowest BCUT2D eigenvalue weighted by Crippen LogP contribution is -2.44. The lowest BCUT2D eigenvalue weighted by molar-refractivity contribution is -0.177. The number of esters is 2. The summed E-state index contributed by atoms with van der Waals surface area (Å²) in [5, 5.41) is 10.8. The molecule has 0 amide bonds. The van der Waals surface area contributed by atoms with E-state index in [9.17, 15) is 14.7 Å². The predicted octanol–water partition coefficient (Wildman–Crippen LogP) is 4.42. The second kappa shape index (κ2) is 10.8. The summed E-state index contributed by atoms with van der Waals surface area (Å²) in [7, 11) is 0. The molecule has 1 rings (SSSR count). The van der Waals surface area contributed by atoms with Gasteiger partial charge in [0.15, 0.2) is 5.60 Å². The van der Waals surface area contributed by atoms with Gasteiger partial charge < -0.3 is 14.6 Å². The molecule has 0 aromatic carbocycles. The number of hydrogen-bond acceptors (Lipinski definition) is 5. The largest absolute Gasteiger partial charge is 0.464 e. The van der Waals surface area contributed by atoms with Gasteiger partial charge in [0, 0.05) is 5.92 Å². The van der Waals surface area contributed by atoms with Crippen molar-refractivity contribution >= 4 is 11.9 Å². The lowest BCUT2D eigenvalue weighted by Gasteiger charge is -2.39. The highest BCUT2D eigenvalue weighted by Gasteiger charge is 2.42. The normalized spacial score (nSPS) is 24.8. The topological polar surface area (TPSA) is 72.8 Å². The van der Waals surface area contributed by atoms with Gasteiger partial charge in [-0.2, -0.15) is 0 Å². The van der Waals surface area contributed by atoms with Crippen LogP contribution in [0.1, 0.15) is 80.1 Å². The molecule has 5 heteroatoms. The molecule has 1 N–H and O–H groups in total. The first kappa shape index (κ1) is 23.7. The van der Waals surface area contributed by atoms with Crippen molar-refractivity contribution in [2.24, 2.45) is 17.8 Å². The summed E-state index contributed by atoms with van der Waals surface area (Å²) in [4.78, 5) is 24.9. The van der Waals surface area contributed by atoms with Gasteiger partial charge in [0.2, 0.25) is 0 Å². The van der Waals surface area contributed by atoms with Gasteiger partial charge in [-0.1, -0.05) is 38.8 Å². The average molecular weight is 383 g/mol. The molecule has 1 saturated carbocycles. The lowest BCUT2D eigenvalue weighted by atomic mass is 9.72. The summed E-state index contributed by atoms with van der Waals surface area (Å²) in [5.74, 6) is -0.0454. The third-order valence-corrected chi connectivity index (χ3v) is 5.49. The molecule has 0 heterocycles. The third kappa shape index (κ3) is 7.28. The smallest absolute Gasteiger partial charge is 0.338 e. The minimum absolute atomic E-state index is 0.140. The number of carbonyl (C=O) groups excluding carboxylic acids is 2. The molecule has 4 atom stereocenters. The van der Waals surface area contributed by atoms with Gasteiger partial charge in [0.05, 0.1) is 13.0 Å². The number of allylic oxidation sites excluding steroid dienone is 2. The van der Waals surface area contributed by atoms with Crippen LogP contribution in [0.3, 0.4) is 0 Å². The molecule has 0 spiro atoms. The Kier molecular flexibility index (Phi) is 9.51.